The molecule has 1 heteroatoms. The Balaban J connectivity index is 1.83. The summed E-state index contributed by atoms with van der Waals surface area (Å²) in [5.74, 6) is 2.76. The molecule has 0 aliphatic heterocycles. The highest BCUT2D eigenvalue weighted by atomic mass is 14.7. The predicted molar refractivity (Wildman–Crippen MR) is 56.4 cm³/mol. The lowest BCUT2D eigenvalue weighted by Crippen LogP contribution is -2.35. The van der Waals surface area contributed by atoms with E-state index in [1.54, 1.807) is 0 Å². The van der Waals surface area contributed by atoms with Gasteiger partial charge in [0.1, 0.15) is 0 Å². The maximum atomic E-state index is 6.27. The normalized spacial score (nSPS) is 37.4. The van der Waals surface area contributed by atoms with Crippen molar-refractivity contribution in [3.05, 3.63) is 0 Å². The summed E-state index contributed by atoms with van der Waals surface area (Å²) in [6, 6.07) is 0.550. The highest BCUT2D eigenvalue weighted by Gasteiger charge is 2.35. The van der Waals surface area contributed by atoms with Crippen molar-refractivity contribution in [1.29, 1.82) is 0 Å². The van der Waals surface area contributed by atoms with Gasteiger partial charge in [0.05, 0.1) is 0 Å². The van der Waals surface area contributed by atoms with E-state index in [4.69, 9.17) is 5.73 Å². The molecular formula is C12H23N. The smallest absolute Gasteiger partial charge is 0.00957 e. The second kappa shape index (κ2) is 4.00. The molecule has 0 bridgehead atoms. The van der Waals surface area contributed by atoms with Crippen LogP contribution in [0.1, 0.15) is 51.9 Å². The monoisotopic (exact) mass is 181 g/mol. The van der Waals surface area contributed by atoms with Crippen LogP contribution in [-0.4, -0.2) is 6.04 Å². The summed E-state index contributed by atoms with van der Waals surface area (Å²) in [5, 5.41) is 0. The Morgan fingerprint density at radius 3 is 2.54 bits per heavy atom. The summed E-state index contributed by atoms with van der Waals surface area (Å²) in [4.78, 5) is 0. The van der Waals surface area contributed by atoms with E-state index in [9.17, 15) is 0 Å². The average molecular weight is 181 g/mol. The van der Waals surface area contributed by atoms with Gasteiger partial charge in [-0.05, 0) is 43.4 Å². The fourth-order valence-corrected chi connectivity index (χ4v) is 2.92. The van der Waals surface area contributed by atoms with Crippen LogP contribution in [0.4, 0.5) is 0 Å². The van der Waals surface area contributed by atoms with Gasteiger partial charge in [-0.1, -0.05) is 26.2 Å². The molecule has 2 fully saturated rings. The van der Waals surface area contributed by atoms with E-state index < -0.39 is 0 Å². The lowest BCUT2D eigenvalue weighted by atomic mass is 9.76. The Kier molecular flexibility index (Phi) is 2.92. The van der Waals surface area contributed by atoms with Crippen LogP contribution in [0.15, 0.2) is 0 Å². The molecule has 76 valence electrons. The molecule has 0 radical (unpaired) electrons. The molecule has 2 N–H and O–H groups in total. The van der Waals surface area contributed by atoms with Crippen molar-refractivity contribution in [3.8, 4) is 0 Å². The minimum absolute atomic E-state index is 0.550. The number of nitrogens with two attached hydrogens (primary N) is 1. The summed E-state index contributed by atoms with van der Waals surface area (Å²) >= 11 is 0. The van der Waals surface area contributed by atoms with E-state index in [0.29, 0.717) is 6.04 Å². The van der Waals surface area contributed by atoms with Crippen LogP contribution in [0, 0.1) is 17.8 Å². The molecule has 2 saturated carbocycles. The molecule has 2 aliphatic carbocycles. The number of hydrogen-bond acceptors (Lipinski definition) is 1. The minimum Gasteiger partial charge on any atom is -0.327 e. The van der Waals surface area contributed by atoms with E-state index in [1.165, 1.54) is 44.9 Å². The quantitative estimate of drug-likeness (QED) is 0.711. The zero-order chi connectivity index (χ0) is 9.26. The van der Waals surface area contributed by atoms with Gasteiger partial charge in [0.25, 0.3) is 0 Å². The average Bonchev–Trinajstić information content (AvgIpc) is 3.00. The third kappa shape index (κ3) is 2.25. The van der Waals surface area contributed by atoms with Crippen LogP contribution in [0.5, 0.6) is 0 Å². The molecule has 0 amide bonds. The maximum absolute atomic E-state index is 6.27. The van der Waals surface area contributed by atoms with Crippen molar-refractivity contribution < 1.29 is 0 Å². The maximum Gasteiger partial charge on any atom is 0.00957 e. The Morgan fingerprint density at radius 1 is 1.15 bits per heavy atom. The highest BCUT2D eigenvalue weighted by Crippen LogP contribution is 2.41. The van der Waals surface area contributed by atoms with Gasteiger partial charge < -0.3 is 5.73 Å². The van der Waals surface area contributed by atoms with E-state index in [-0.39, 0.29) is 0 Å². The first kappa shape index (κ1) is 9.51. The standard InChI is InChI=1S/C12H23N/c1-2-9-4-3-5-11(8-9)12(13)10-6-7-10/h9-12H,2-8,13H2,1H3. The topological polar surface area (TPSA) is 26.0 Å². The molecule has 0 saturated heterocycles. The van der Waals surface area contributed by atoms with Crippen LogP contribution in [0.2, 0.25) is 0 Å². The Morgan fingerprint density at radius 2 is 1.92 bits per heavy atom. The molecule has 0 heterocycles. The van der Waals surface area contributed by atoms with E-state index in [0.717, 1.165) is 17.8 Å². The number of rotatable bonds is 3. The van der Waals surface area contributed by atoms with E-state index in [2.05, 4.69) is 6.92 Å². The summed E-state index contributed by atoms with van der Waals surface area (Å²) in [7, 11) is 0. The zero-order valence-corrected chi connectivity index (χ0v) is 8.84. The van der Waals surface area contributed by atoms with Gasteiger partial charge >= 0.3 is 0 Å². The summed E-state index contributed by atoms with van der Waals surface area (Å²) in [6.07, 6.45) is 9.92. The first-order valence-electron chi connectivity index (χ1n) is 6.06. The van der Waals surface area contributed by atoms with Gasteiger partial charge in [-0.2, -0.15) is 0 Å². The second-order valence-electron chi connectivity index (χ2n) is 5.12. The minimum atomic E-state index is 0.550. The third-order valence-electron chi connectivity index (χ3n) is 4.11. The SMILES string of the molecule is CCC1CCCC(C(N)C2CC2)C1. The predicted octanol–water partition coefficient (Wildman–Crippen LogP) is 2.94. The van der Waals surface area contributed by atoms with Crippen LogP contribution in [0.25, 0.3) is 0 Å². The van der Waals surface area contributed by atoms with Crippen LogP contribution >= 0.6 is 0 Å². The highest BCUT2D eigenvalue weighted by molar-refractivity contribution is 4.90. The molecule has 0 spiro atoms. The zero-order valence-electron chi connectivity index (χ0n) is 8.84. The fourth-order valence-electron chi connectivity index (χ4n) is 2.92. The molecule has 2 rings (SSSR count). The van der Waals surface area contributed by atoms with Crippen LogP contribution in [0.3, 0.4) is 0 Å². The molecule has 0 aromatic carbocycles. The molecule has 2 aliphatic rings. The van der Waals surface area contributed by atoms with Crippen molar-refractivity contribution in [1.82, 2.24) is 0 Å². The summed E-state index contributed by atoms with van der Waals surface area (Å²) in [5.41, 5.74) is 6.27. The molecule has 1 nitrogen and oxygen atoms in total. The second-order valence-corrected chi connectivity index (χ2v) is 5.12. The van der Waals surface area contributed by atoms with Crippen molar-refractivity contribution in [3.63, 3.8) is 0 Å². The first-order valence-corrected chi connectivity index (χ1v) is 6.06. The van der Waals surface area contributed by atoms with Gasteiger partial charge in [0, 0.05) is 6.04 Å². The summed E-state index contributed by atoms with van der Waals surface area (Å²) in [6.45, 7) is 2.33. The third-order valence-corrected chi connectivity index (χ3v) is 4.11. The Bertz CT molecular complexity index is 163. The number of hydrogen-bond donors (Lipinski definition) is 1. The largest absolute Gasteiger partial charge is 0.327 e. The molecule has 3 unspecified atom stereocenters. The van der Waals surface area contributed by atoms with Crippen molar-refractivity contribution >= 4 is 0 Å². The Labute approximate surface area is 82.1 Å². The van der Waals surface area contributed by atoms with Crippen molar-refractivity contribution in [2.24, 2.45) is 23.5 Å². The lowest BCUT2D eigenvalue weighted by molar-refractivity contribution is 0.218. The van der Waals surface area contributed by atoms with Crippen molar-refractivity contribution in [2.45, 2.75) is 57.9 Å². The molecular weight excluding hydrogens is 158 g/mol. The molecule has 0 aromatic rings. The van der Waals surface area contributed by atoms with Crippen LogP contribution in [-0.2, 0) is 0 Å². The van der Waals surface area contributed by atoms with Crippen LogP contribution < -0.4 is 5.73 Å². The van der Waals surface area contributed by atoms with E-state index >= 15 is 0 Å². The van der Waals surface area contributed by atoms with Crippen molar-refractivity contribution in [2.75, 3.05) is 0 Å². The Hall–Kier alpha value is -0.0400. The first-order chi connectivity index (χ1) is 6.31. The van der Waals surface area contributed by atoms with E-state index in [1.807, 2.05) is 0 Å². The van der Waals surface area contributed by atoms with Gasteiger partial charge in [0.15, 0.2) is 0 Å². The summed E-state index contributed by atoms with van der Waals surface area (Å²) < 4.78 is 0. The molecule has 13 heavy (non-hydrogen) atoms. The fraction of sp³-hybridized carbons (Fsp3) is 1.00. The van der Waals surface area contributed by atoms with Gasteiger partial charge in [-0.3, -0.25) is 0 Å². The molecule has 0 aromatic heterocycles. The van der Waals surface area contributed by atoms with Gasteiger partial charge in [-0.25, -0.2) is 0 Å². The van der Waals surface area contributed by atoms with Gasteiger partial charge in [-0.15, -0.1) is 0 Å². The van der Waals surface area contributed by atoms with Gasteiger partial charge in [0.2, 0.25) is 0 Å². The molecule has 3 atom stereocenters. The lowest BCUT2D eigenvalue weighted by Gasteiger charge is -2.32.